The highest BCUT2D eigenvalue weighted by atomic mass is 14.9. The number of aromatic nitrogens is 12. The molecule has 0 saturated heterocycles. The molecule has 7 aromatic heterocycles. The number of aryl methyl sites for hydroxylation is 14. The molecule has 392 valence electrons. The van der Waals surface area contributed by atoms with Crippen molar-refractivity contribution in [1.82, 2.24) is 59.8 Å². The van der Waals surface area contributed by atoms with Crippen LogP contribution in [0.25, 0.3) is 0 Å². The van der Waals surface area contributed by atoms with Crippen LogP contribution >= 0.6 is 0 Å². The molecule has 0 fully saturated rings. The molecular formula is C58H100N12. The highest BCUT2D eigenvalue weighted by Gasteiger charge is 1.87. The molecule has 0 spiro atoms. The van der Waals surface area contributed by atoms with Crippen molar-refractivity contribution < 1.29 is 0 Å². The average Bonchev–Trinajstić information content (AvgIpc) is 3.38. The van der Waals surface area contributed by atoms with E-state index in [1.54, 1.807) is 31.0 Å². The van der Waals surface area contributed by atoms with Crippen molar-refractivity contribution in [2.45, 2.75) is 194 Å². The van der Waals surface area contributed by atoms with E-state index in [-0.39, 0.29) is 0 Å². The lowest BCUT2D eigenvalue weighted by atomic mass is 10.2. The van der Waals surface area contributed by atoms with Crippen LogP contribution in [0.3, 0.4) is 0 Å². The third-order valence-corrected chi connectivity index (χ3v) is 6.62. The number of nitrogens with zero attached hydrogens (tertiary/aromatic N) is 12. The van der Waals surface area contributed by atoms with Crippen molar-refractivity contribution in [3.05, 3.63) is 178 Å². The van der Waals surface area contributed by atoms with E-state index in [1.807, 2.05) is 242 Å². The Morgan fingerprint density at radius 1 is 0.229 bits per heavy atom. The van der Waals surface area contributed by atoms with Gasteiger partial charge in [0.15, 0.2) is 0 Å². The molecule has 12 heteroatoms. The summed E-state index contributed by atoms with van der Waals surface area (Å²) < 4.78 is 0. The fourth-order valence-corrected chi connectivity index (χ4v) is 3.80. The Hall–Kier alpha value is -6.30. The van der Waals surface area contributed by atoms with E-state index in [1.165, 1.54) is 16.7 Å². The Balaban J connectivity index is -0.000000127. The zero-order valence-electron chi connectivity index (χ0n) is 49.6. The van der Waals surface area contributed by atoms with Gasteiger partial charge in [-0.15, -0.1) is 0 Å². The molecule has 0 aliphatic carbocycles. The zero-order valence-corrected chi connectivity index (χ0v) is 49.6. The molecule has 0 aromatic carbocycles. The predicted octanol–water partition coefficient (Wildman–Crippen LogP) is 16.0. The second kappa shape index (κ2) is 58.8. The number of hydrogen-bond acceptors (Lipinski definition) is 12. The van der Waals surface area contributed by atoms with Gasteiger partial charge in [0.2, 0.25) is 0 Å². The fourth-order valence-electron chi connectivity index (χ4n) is 3.80. The summed E-state index contributed by atoms with van der Waals surface area (Å²) in [4.78, 5) is 48.0. The Labute approximate surface area is 430 Å². The fraction of sp³-hybridized carbons (Fsp3) is 0.483. The minimum Gasteiger partial charge on any atom is -0.264 e. The van der Waals surface area contributed by atoms with Crippen LogP contribution in [0.5, 0.6) is 0 Å². The maximum atomic E-state index is 4.06. The van der Waals surface area contributed by atoms with Crippen LogP contribution in [0.1, 0.15) is 176 Å². The van der Waals surface area contributed by atoms with Gasteiger partial charge < -0.3 is 0 Å². The normalized spacial score (nSPS) is 8.00. The molecule has 0 radical (unpaired) electrons. The second-order valence-electron chi connectivity index (χ2n) is 13.0. The third kappa shape index (κ3) is 56.0. The Morgan fingerprint density at radius 2 is 0.543 bits per heavy atom. The number of hydrogen-bond donors (Lipinski definition) is 0. The summed E-state index contributed by atoms with van der Waals surface area (Å²) in [7, 11) is 0. The van der Waals surface area contributed by atoms with Gasteiger partial charge in [-0.1, -0.05) is 103 Å². The van der Waals surface area contributed by atoms with E-state index in [0.717, 1.165) is 62.8 Å². The van der Waals surface area contributed by atoms with Crippen molar-refractivity contribution in [1.29, 1.82) is 0 Å². The van der Waals surface area contributed by atoms with E-state index in [9.17, 15) is 0 Å². The van der Waals surface area contributed by atoms with Crippen LogP contribution < -0.4 is 0 Å². The quantitative estimate of drug-likeness (QED) is 0.142. The summed E-state index contributed by atoms with van der Waals surface area (Å²) in [5.74, 6) is 2.50. The monoisotopic (exact) mass is 965 g/mol. The lowest BCUT2D eigenvalue weighted by molar-refractivity contribution is 1.01. The first-order chi connectivity index (χ1) is 33.5. The van der Waals surface area contributed by atoms with E-state index in [0.29, 0.717) is 0 Å². The van der Waals surface area contributed by atoms with E-state index >= 15 is 0 Å². The molecule has 0 aliphatic heterocycles. The molecule has 0 N–H and O–H groups in total. The van der Waals surface area contributed by atoms with Crippen LogP contribution in [0.15, 0.2) is 98.6 Å². The Bertz CT molecular complexity index is 1660. The van der Waals surface area contributed by atoms with Gasteiger partial charge in [0.25, 0.3) is 0 Å². The van der Waals surface area contributed by atoms with Crippen molar-refractivity contribution in [2.75, 3.05) is 0 Å². The lowest BCUT2D eigenvalue weighted by Crippen LogP contribution is -1.86. The maximum Gasteiger partial charge on any atom is 0.125 e. The molecule has 12 nitrogen and oxygen atoms in total. The average molecular weight is 966 g/mol. The van der Waals surface area contributed by atoms with Crippen molar-refractivity contribution >= 4 is 0 Å². The predicted molar refractivity (Wildman–Crippen MR) is 304 cm³/mol. The first-order valence-corrected chi connectivity index (χ1v) is 25.1. The van der Waals surface area contributed by atoms with E-state index in [4.69, 9.17) is 0 Å². The van der Waals surface area contributed by atoms with Crippen LogP contribution in [-0.4, -0.2) is 59.8 Å². The van der Waals surface area contributed by atoms with Gasteiger partial charge >= 0.3 is 0 Å². The van der Waals surface area contributed by atoms with Crippen molar-refractivity contribution in [2.24, 2.45) is 0 Å². The molecule has 0 aliphatic rings. The lowest BCUT2D eigenvalue weighted by Gasteiger charge is -1.90. The van der Waals surface area contributed by atoms with Gasteiger partial charge in [-0.2, -0.15) is 0 Å². The second-order valence-corrected chi connectivity index (χ2v) is 13.0. The summed E-state index contributed by atoms with van der Waals surface area (Å²) in [6.45, 7) is 55.4. The van der Waals surface area contributed by atoms with Gasteiger partial charge in [-0.25, -0.2) is 29.9 Å². The molecule has 0 atom stereocenters. The van der Waals surface area contributed by atoms with Gasteiger partial charge in [-0.3, -0.25) is 29.9 Å². The Morgan fingerprint density at radius 3 is 0.729 bits per heavy atom. The Kier molecular flexibility index (Phi) is 65.5. The van der Waals surface area contributed by atoms with Crippen LogP contribution in [-0.2, 0) is 0 Å². The summed E-state index contributed by atoms with van der Waals surface area (Å²) in [5, 5.41) is 0. The third-order valence-electron chi connectivity index (χ3n) is 6.62. The standard InChI is InChI=1S/2C7H9N.5C6H8N2.7C2H6/c1-6-3-7(2)5-8-4-6;1-6-3-4-8-7(2)5-6;2*1-5-3-8-6(2)4-7-5;2*1-5-3-7-6(2)8-4-5;1-5-3-4-7-6(2)8-5;7*1-2/h2*3-5H,1-2H3;5*3-4H,1-2H3;7*1-2H3. The van der Waals surface area contributed by atoms with Crippen LogP contribution in [0, 0.1) is 96.9 Å². The minimum atomic E-state index is 0.829. The number of pyridine rings is 2. The van der Waals surface area contributed by atoms with Crippen LogP contribution in [0.4, 0.5) is 0 Å². The smallest absolute Gasteiger partial charge is 0.125 e. The zero-order chi connectivity index (χ0) is 55.9. The SMILES string of the molecule is CC.CC.CC.CC.CC.CC.CC.Cc1ccnc(C)c1.Cc1ccnc(C)n1.Cc1cnc(C)cn1.Cc1cnc(C)cn1.Cc1cnc(C)nc1.Cc1cnc(C)nc1.Cc1cncc(C)c1. The summed E-state index contributed by atoms with van der Waals surface area (Å²) in [5.41, 5.74) is 11.9. The van der Waals surface area contributed by atoms with Gasteiger partial charge in [0.05, 0.1) is 22.8 Å². The van der Waals surface area contributed by atoms with Gasteiger partial charge in [0.1, 0.15) is 17.5 Å². The van der Waals surface area contributed by atoms with Gasteiger partial charge in [-0.05, 0) is 143 Å². The van der Waals surface area contributed by atoms with Crippen molar-refractivity contribution in [3.8, 4) is 0 Å². The first-order valence-electron chi connectivity index (χ1n) is 25.1. The molecule has 0 saturated carbocycles. The maximum absolute atomic E-state index is 4.06. The molecule has 0 amide bonds. The molecule has 0 unspecified atom stereocenters. The first kappa shape index (κ1) is 77.9. The molecule has 0 bridgehead atoms. The summed E-state index contributed by atoms with van der Waals surface area (Å²) in [6, 6.07) is 8.03. The molecule has 7 heterocycles. The molecular weight excluding hydrogens is 865 g/mol. The molecule has 7 aromatic rings. The minimum absolute atomic E-state index is 0.829. The summed E-state index contributed by atoms with van der Waals surface area (Å²) in [6.07, 6.45) is 21.6. The number of rotatable bonds is 0. The highest BCUT2D eigenvalue weighted by Crippen LogP contribution is 1.98. The largest absolute Gasteiger partial charge is 0.264 e. The van der Waals surface area contributed by atoms with Crippen LogP contribution in [0.2, 0.25) is 0 Å². The van der Waals surface area contributed by atoms with E-state index in [2.05, 4.69) is 78.9 Å². The highest BCUT2D eigenvalue weighted by molar-refractivity contribution is 5.14. The molecule has 7 rings (SSSR count). The van der Waals surface area contributed by atoms with E-state index < -0.39 is 0 Å². The molecule has 70 heavy (non-hydrogen) atoms. The topological polar surface area (TPSA) is 155 Å². The van der Waals surface area contributed by atoms with Gasteiger partial charge in [0, 0.05) is 85.7 Å². The summed E-state index contributed by atoms with van der Waals surface area (Å²) >= 11 is 0. The van der Waals surface area contributed by atoms with Crippen molar-refractivity contribution in [3.63, 3.8) is 0 Å².